The Kier molecular flexibility index (Phi) is 4.15. The van der Waals surface area contributed by atoms with E-state index in [2.05, 4.69) is 20.2 Å². The summed E-state index contributed by atoms with van der Waals surface area (Å²) >= 11 is 0. The van der Waals surface area contributed by atoms with Crippen LogP contribution in [-0.4, -0.2) is 28.6 Å². The van der Waals surface area contributed by atoms with Crippen molar-refractivity contribution in [3.63, 3.8) is 0 Å². The smallest absolute Gasteiger partial charge is 0.255 e. The van der Waals surface area contributed by atoms with E-state index in [4.69, 9.17) is 0 Å². The second-order valence-electron chi connectivity index (χ2n) is 4.67. The minimum Gasteiger partial charge on any atom is -0.280 e. The Balaban J connectivity index is 1.78. The summed E-state index contributed by atoms with van der Waals surface area (Å²) in [6, 6.07) is 16.0. The average molecular weight is 327 g/mol. The minimum atomic E-state index is -3.61. The van der Waals surface area contributed by atoms with Gasteiger partial charge >= 0.3 is 0 Å². The van der Waals surface area contributed by atoms with Crippen molar-refractivity contribution in [2.24, 2.45) is 0 Å². The number of hydrogen-bond acceptors (Lipinski definition) is 5. The van der Waals surface area contributed by atoms with Crippen LogP contribution < -0.4 is 4.72 Å². The molecule has 1 aromatic heterocycles. The monoisotopic (exact) mass is 327 g/mol. The molecular weight excluding hydrogens is 314 g/mol. The first-order chi connectivity index (χ1) is 11.1. The summed E-state index contributed by atoms with van der Waals surface area (Å²) in [6.07, 6.45) is 2.97. The molecule has 7 nitrogen and oxygen atoms in total. The number of hydrogen-bond donors (Lipinski definition) is 1. The van der Waals surface area contributed by atoms with Crippen molar-refractivity contribution in [1.29, 1.82) is 0 Å². The zero-order valence-corrected chi connectivity index (χ0v) is 12.8. The highest BCUT2D eigenvalue weighted by Gasteiger charge is 2.07. The van der Waals surface area contributed by atoms with Crippen LogP contribution in [0.5, 0.6) is 0 Å². The molecule has 0 amide bonds. The highest BCUT2D eigenvalue weighted by Crippen LogP contribution is 2.15. The van der Waals surface area contributed by atoms with Gasteiger partial charge in [-0.05, 0) is 40.3 Å². The van der Waals surface area contributed by atoms with Crippen LogP contribution in [0.1, 0.15) is 5.56 Å². The van der Waals surface area contributed by atoms with Gasteiger partial charge in [-0.25, -0.2) is 13.1 Å². The molecule has 0 saturated carbocycles. The van der Waals surface area contributed by atoms with Crippen LogP contribution in [0.2, 0.25) is 0 Å². The number of anilines is 1. The lowest BCUT2D eigenvalue weighted by Crippen LogP contribution is -2.09. The molecule has 3 aromatic rings. The van der Waals surface area contributed by atoms with Crippen LogP contribution in [0.3, 0.4) is 0 Å². The predicted octanol–water partition coefficient (Wildman–Crippen LogP) is 2.07. The van der Waals surface area contributed by atoms with Crippen LogP contribution in [-0.2, 0) is 10.0 Å². The van der Waals surface area contributed by atoms with E-state index in [0.717, 1.165) is 11.0 Å². The van der Waals surface area contributed by atoms with E-state index >= 15 is 0 Å². The highest BCUT2D eigenvalue weighted by atomic mass is 32.2. The van der Waals surface area contributed by atoms with E-state index in [9.17, 15) is 8.42 Å². The third-order valence-corrected chi connectivity index (χ3v) is 3.97. The molecule has 116 valence electrons. The lowest BCUT2D eigenvalue weighted by Gasteiger charge is -2.06. The number of sulfonamides is 1. The van der Waals surface area contributed by atoms with Gasteiger partial charge in [0.25, 0.3) is 10.0 Å². The van der Waals surface area contributed by atoms with Gasteiger partial charge in [-0.15, -0.1) is 5.10 Å². The summed E-state index contributed by atoms with van der Waals surface area (Å²) in [7, 11) is -3.61. The normalized spacial score (nSPS) is 11.7. The maximum atomic E-state index is 12.1. The lowest BCUT2D eigenvalue weighted by molar-refractivity contribution is 0.609. The van der Waals surface area contributed by atoms with Crippen molar-refractivity contribution in [2.45, 2.75) is 0 Å². The van der Waals surface area contributed by atoms with Gasteiger partial charge in [-0.3, -0.25) is 4.72 Å². The first-order valence-corrected chi connectivity index (χ1v) is 8.26. The molecule has 0 bridgehead atoms. The van der Waals surface area contributed by atoms with Crippen molar-refractivity contribution >= 4 is 21.8 Å². The van der Waals surface area contributed by atoms with Gasteiger partial charge in [0.15, 0.2) is 0 Å². The van der Waals surface area contributed by atoms with Gasteiger partial charge in [0, 0.05) is 0 Å². The third-order valence-electron chi connectivity index (χ3n) is 2.96. The topological polar surface area (TPSA) is 89.8 Å². The summed E-state index contributed by atoms with van der Waals surface area (Å²) in [4.78, 5) is 0. The number of nitrogens with zero attached hydrogens (tertiary/aromatic N) is 4. The average Bonchev–Trinajstić information content (AvgIpc) is 3.08. The Bertz CT molecular complexity index is 906. The van der Waals surface area contributed by atoms with Crippen LogP contribution in [0.15, 0.2) is 66.3 Å². The van der Waals surface area contributed by atoms with Gasteiger partial charge in [-0.2, -0.15) is 0 Å². The van der Waals surface area contributed by atoms with E-state index < -0.39 is 10.0 Å². The SMILES string of the molecule is O=S(=O)(/C=C/c1ccccc1)Nc1cccc(-n2cnnn2)c1. The molecule has 1 heterocycles. The van der Waals surface area contributed by atoms with Gasteiger partial charge in [0.05, 0.1) is 16.8 Å². The van der Waals surface area contributed by atoms with Crippen LogP contribution in [0, 0.1) is 0 Å². The molecule has 1 N–H and O–H groups in total. The maximum Gasteiger partial charge on any atom is 0.255 e. The summed E-state index contributed by atoms with van der Waals surface area (Å²) in [6.45, 7) is 0. The molecule has 8 heteroatoms. The molecule has 3 rings (SSSR count). The van der Waals surface area contributed by atoms with Crippen molar-refractivity contribution in [3.8, 4) is 5.69 Å². The van der Waals surface area contributed by atoms with Gasteiger partial charge in [0.2, 0.25) is 0 Å². The van der Waals surface area contributed by atoms with Gasteiger partial charge < -0.3 is 0 Å². The molecule has 0 spiro atoms. The van der Waals surface area contributed by atoms with Gasteiger partial charge in [-0.1, -0.05) is 36.4 Å². The first-order valence-electron chi connectivity index (χ1n) is 6.72. The van der Waals surface area contributed by atoms with Crippen molar-refractivity contribution in [2.75, 3.05) is 4.72 Å². The summed E-state index contributed by atoms with van der Waals surface area (Å²) in [5.74, 6) is 0. The molecular formula is C15H13N5O2S. The van der Waals surface area contributed by atoms with Crippen molar-refractivity contribution in [1.82, 2.24) is 20.2 Å². The van der Waals surface area contributed by atoms with Crippen molar-refractivity contribution in [3.05, 3.63) is 71.9 Å². The molecule has 2 aromatic carbocycles. The minimum absolute atomic E-state index is 0.427. The number of tetrazole rings is 1. The Morgan fingerprint density at radius 1 is 1.04 bits per heavy atom. The van der Waals surface area contributed by atoms with Gasteiger partial charge in [0.1, 0.15) is 6.33 Å². The molecule has 0 saturated heterocycles. The summed E-state index contributed by atoms with van der Waals surface area (Å²) in [5.41, 5.74) is 1.89. The molecule has 0 aliphatic heterocycles. The van der Waals surface area contributed by atoms with E-state index in [1.807, 2.05) is 30.3 Å². The number of benzene rings is 2. The zero-order valence-electron chi connectivity index (χ0n) is 11.9. The fourth-order valence-corrected chi connectivity index (χ4v) is 2.78. The fourth-order valence-electron chi connectivity index (χ4n) is 1.92. The summed E-state index contributed by atoms with van der Waals surface area (Å²) < 4.78 is 28.2. The van der Waals surface area contributed by atoms with Crippen LogP contribution in [0.25, 0.3) is 11.8 Å². The Hall–Kier alpha value is -3.00. The highest BCUT2D eigenvalue weighted by molar-refractivity contribution is 7.95. The molecule has 23 heavy (non-hydrogen) atoms. The number of rotatable bonds is 5. The first kappa shape index (κ1) is 14.9. The standard InChI is InChI=1S/C15H13N5O2S/c21-23(22,10-9-13-5-2-1-3-6-13)17-14-7-4-8-15(11-14)20-12-16-18-19-20/h1-12,17H/b10-9+. The van der Waals surface area contributed by atoms with Crippen LogP contribution in [0.4, 0.5) is 5.69 Å². The molecule has 0 fully saturated rings. The molecule has 0 unspecified atom stereocenters. The predicted molar refractivity (Wildman–Crippen MR) is 87.2 cm³/mol. The third kappa shape index (κ3) is 4.01. The molecule has 0 atom stereocenters. The maximum absolute atomic E-state index is 12.1. The molecule has 0 radical (unpaired) electrons. The molecule has 0 aliphatic rings. The van der Waals surface area contributed by atoms with E-state index in [1.165, 1.54) is 17.1 Å². The second-order valence-corrected chi connectivity index (χ2v) is 6.23. The second kappa shape index (κ2) is 6.41. The van der Waals surface area contributed by atoms with Crippen LogP contribution >= 0.6 is 0 Å². The number of aromatic nitrogens is 4. The Labute approximate surface area is 133 Å². The van der Waals surface area contributed by atoms with E-state index in [-0.39, 0.29) is 0 Å². The Morgan fingerprint density at radius 2 is 1.87 bits per heavy atom. The fraction of sp³-hybridized carbons (Fsp3) is 0. The molecule has 0 aliphatic carbocycles. The summed E-state index contributed by atoms with van der Waals surface area (Å²) in [5, 5.41) is 12.0. The lowest BCUT2D eigenvalue weighted by atomic mass is 10.2. The van der Waals surface area contributed by atoms with E-state index in [1.54, 1.807) is 24.3 Å². The largest absolute Gasteiger partial charge is 0.280 e. The van der Waals surface area contributed by atoms with Crippen molar-refractivity contribution < 1.29 is 8.42 Å². The van der Waals surface area contributed by atoms with E-state index in [0.29, 0.717) is 11.4 Å². The Morgan fingerprint density at radius 3 is 2.61 bits per heavy atom. The quantitative estimate of drug-likeness (QED) is 0.775. The number of nitrogens with one attached hydrogen (secondary N) is 1. The zero-order chi connectivity index (χ0) is 16.1.